The molecule has 1 aromatic carbocycles. The Bertz CT molecular complexity index is 596. The molecule has 0 aliphatic rings. The van der Waals surface area contributed by atoms with E-state index in [-0.39, 0.29) is 28.1 Å². The van der Waals surface area contributed by atoms with Gasteiger partial charge in [-0.15, -0.1) is 0 Å². The van der Waals surface area contributed by atoms with Gasteiger partial charge in [0.1, 0.15) is 11.0 Å². The van der Waals surface area contributed by atoms with Crippen molar-refractivity contribution in [1.82, 2.24) is 4.72 Å². The SMILES string of the molecule is CCCCC(CN)NS(=O)(=O)c1cccc(Cl)c1C#N. The molecule has 3 N–H and O–H groups in total. The Balaban J connectivity index is 3.06. The molecule has 1 atom stereocenters. The van der Waals surface area contributed by atoms with Gasteiger partial charge in [0.2, 0.25) is 10.0 Å². The first-order valence-electron chi connectivity index (χ1n) is 6.37. The van der Waals surface area contributed by atoms with E-state index >= 15 is 0 Å². The first-order chi connectivity index (χ1) is 9.46. The Morgan fingerprint density at radius 3 is 2.75 bits per heavy atom. The lowest BCUT2D eigenvalue weighted by Gasteiger charge is -2.17. The van der Waals surface area contributed by atoms with Gasteiger partial charge in [-0.3, -0.25) is 0 Å². The molecule has 1 aromatic rings. The summed E-state index contributed by atoms with van der Waals surface area (Å²) in [5.41, 5.74) is 5.53. The van der Waals surface area contributed by atoms with E-state index in [1.165, 1.54) is 18.2 Å². The summed E-state index contributed by atoms with van der Waals surface area (Å²) in [5, 5.41) is 9.16. The predicted molar refractivity (Wildman–Crippen MR) is 78.9 cm³/mol. The van der Waals surface area contributed by atoms with E-state index in [0.29, 0.717) is 6.42 Å². The summed E-state index contributed by atoms with van der Waals surface area (Å²) in [5.74, 6) is 0. The average molecular weight is 316 g/mol. The summed E-state index contributed by atoms with van der Waals surface area (Å²) in [6.45, 7) is 2.23. The monoisotopic (exact) mass is 315 g/mol. The molecule has 0 bridgehead atoms. The number of sulfonamides is 1. The Hall–Kier alpha value is -1.13. The highest BCUT2D eigenvalue weighted by atomic mass is 35.5. The van der Waals surface area contributed by atoms with Crippen LogP contribution in [0.5, 0.6) is 0 Å². The van der Waals surface area contributed by atoms with Gasteiger partial charge >= 0.3 is 0 Å². The minimum atomic E-state index is -3.80. The lowest BCUT2D eigenvalue weighted by atomic mass is 10.1. The smallest absolute Gasteiger partial charge is 0.242 e. The van der Waals surface area contributed by atoms with Gasteiger partial charge in [-0.25, -0.2) is 13.1 Å². The molecule has 0 spiro atoms. The second-order valence-electron chi connectivity index (χ2n) is 4.42. The van der Waals surface area contributed by atoms with E-state index in [0.717, 1.165) is 12.8 Å². The third kappa shape index (κ3) is 4.18. The second kappa shape index (κ2) is 7.60. The number of nitrogens with one attached hydrogen (secondary N) is 1. The number of hydrogen-bond donors (Lipinski definition) is 2. The van der Waals surface area contributed by atoms with Crippen molar-refractivity contribution < 1.29 is 8.42 Å². The number of nitrogens with two attached hydrogens (primary N) is 1. The molecular formula is C13H18ClN3O2S. The fourth-order valence-corrected chi connectivity index (χ4v) is 3.53. The zero-order chi connectivity index (χ0) is 15.2. The van der Waals surface area contributed by atoms with E-state index in [1.807, 2.05) is 13.0 Å². The van der Waals surface area contributed by atoms with E-state index < -0.39 is 10.0 Å². The summed E-state index contributed by atoms with van der Waals surface area (Å²) in [6.07, 6.45) is 2.50. The minimum Gasteiger partial charge on any atom is -0.329 e. The number of benzene rings is 1. The maximum atomic E-state index is 12.3. The Labute approximate surface area is 124 Å². The number of nitrogens with zero attached hydrogens (tertiary/aromatic N) is 1. The minimum absolute atomic E-state index is 0.0482. The molecule has 0 saturated heterocycles. The van der Waals surface area contributed by atoms with Crippen molar-refractivity contribution in [2.75, 3.05) is 6.54 Å². The van der Waals surface area contributed by atoms with Gasteiger partial charge in [0.15, 0.2) is 0 Å². The highest BCUT2D eigenvalue weighted by Gasteiger charge is 2.23. The van der Waals surface area contributed by atoms with E-state index in [9.17, 15) is 8.42 Å². The van der Waals surface area contributed by atoms with E-state index in [1.54, 1.807) is 0 Å². The summed E-state index contributed by atoms with van der Waals surface area (Å²) in [7, 11) is -3.80. The van der Waals surface area contributed by atoms with Crippen molar-refractivity contribution in [1.29, 1.82) is 5.26 Å². The zero-order valence-electron chi connectivity index (χ0n) is 11.3. The van der Waals surface area contributed by atoms with Gasteiger partial charge in [-0.05, 0) is 18.6 Å². The van der Waals surface area contributed by atoms with Crippen molar-refractivity contribution in [3.8, 4) is 6.07 Å². The molecule has 0 aliphatic heterocycles. The van der Waals surface area contributed by atoms with Gasteiger partial charge < -0.3 is 5.73 Å². The van der Waals surface area contributed by atoms with Gasteiger partial charge in [0.05, 0.1) is 10.6 Å². The fraction of sp³-hybridized carbons (Fsp3) is 0.462. The third-order valence-electron chi connectivity index (χ3n) is 2.89. The summed E-state index contributed by atoms with van der Waals surface area (Å²) >= 11 is 5.85. The molecule has 0 saturated carbocycles. The van der Waals surface area contributed by atoms with Crippen molar-refractivity contribution >= 4 is 21.6 Å². The molecule has 0 aliphatic carbocycles. The van der Waals surface area contributed by atoms with Crippen LogP contribution in [0.3, 0.4) is 0 Å². The van der Waals surface area contributed by atoms with Crippen LogP contribution < -0.4 is 10.5 Å². The molecule has 5 nitrogen and oxygen atoms in total. The van der Waals surface area contributed by atoms with Crippen LogP contribution in [0, 0.1) is 11.3 Å². The molecule has 1 rings (SSSR count). The zero-order valence-corrected chi connectivity index (χ0v) is 12.8. The average Bonchev–Trinajstić information content (AvgIpc) is 2.43. The van der Waals surface area contributed by atoms with Crippen LogP contribution in [0.25, 0.3) is 0 Å². The molecule has 0 radical (unpaired) electrons. The molecule has 20 heavy (non-hydrogen) atoms. The van der Waals surface area contributed by atoms with Gasteiger partial charge in [0.25, 0.3) is 0 Å². The summed E-state index contributed by atoms with van der Waals surface area (Å²) in [4.78, 5) is -0.109. The molecule has 110 valence electrons. The number of hydrogen-bond acceptors (Lipinski definition) is 4. The number of nitriles is 1. The van der Waals surface area contributed by atoms with Crippen LogP contribution >= 0.6 is 11.6 Å². The van der Waals surface area contributed by atoms with Crippen LogP contribution in [-0.2, 0) is 10.0 Å². The molecule has 0 aromatic heterocycles. The first kappa shape index (κ1) is 16.9. The predicted octanol–water partition coefficient (Wildman–Crippen LogP) is 2.01. The molecular weight excluding hydrogens is 298 g/mol. The van der Waals surface area contributed by atoms with Crippen LogP contribution in [0.1, 0.15) is 31.7 Å². The van der Waals surface area contributed by atoms with E-state index in [4.69, 9.17) is 22.6 Å². The molecule has 7 heteroatoms. The Kier molecular flexibility index (Phi) is 6.43. The standard InChI is InChI=1S/C13H18ClN3O2S/c1-2-3-5-10(8-15)17-20(18,19)13-7-4-6-12(14)11(13)9-16/h4,6-7,10,17H,2-3,5,8,15H2,1H3. The van der Waals surface area contributed by atoms with Crippen molar-refractivity contribution in [3.05, 3.63) is 28.8 Å². The number of rotatable bonds is 7. The maximum Gasteiger partial charge on any atom is 0.242 e. The lowest BCUT2D eigenvalue weighted by molar-refractivity contribution is 0.516. The summed E-state index contributed by atoms with van der Waals surface area (Å²) in [6, 6.07) is 5.83. The maximum absolute atomic E-state index is 12.3. The third-order valence-corrected chi connectivity index (χ3v) is 4.77. The Morgan fingerprint density at radius 2 is 2.20 bits per heavy atom. The van der Waals surface area contributed by atoms with Gasteiger partial charge in [0, 0.05) is 12.6 Å². The van der Waals surface area contributed by atoms with Crippen LogP contribution in [0.4, 0.5) is 0 Å². The molecule has 1 unspecified atom stereocenters. The molecule has 0 amide bonds. The highest BCUT2D eigenvalue weighted by Crippen LogP contribution is 2.23. The first-order valence-corrected chi connectivity index (χ1v) is 8.23. The Morgan fingerprint density at radius 1 is 1.50 bits per heavy atom. The molecule has 0 heterocycles. The highest BCUT2D eigenvalue weighted by molar-refractivity contribution is 7.89. The number of halogens is 1. The second-order valence-corrected chi connectivity index (χ2v) is 6.51. The molecule has 0 fully saturated rings. The largest absolute Gasteiger partial charge is 0.329 e. The van der Waals surface area contributed by atoms with Gasteiger partial charge in [-0.1, -0.05) is 37.4 Å². The van der Waals surface area contributed by atoms with Crippen LogP contribution in [0.15, 0.2) is 23.1 Å². The topological polar surface area (TPSA) is 96.0 Å². The van der Waals surface area contributed by atoms with E-state index in [2.05, 4.69) is 4.72 Å². The van der Waals surface area contributed by atoms with Crippen LogP contribution in [0.2, 0.25) is 5.02 Å². The van der Waals surface area contributed by atoms with Gasteiger partial charge in [-0.2, -0.15) is 5.26 Å². The van der Waals surface area contributed by atoms with Crippen molar-refractivity contribution in [2.24, 2.45) is 5.73 Å². The van der Waals surface area contributed by atoms with Crippen molar-refractivity contribution in [2.45, 2.75) is 37.1 Å². The van der Waals surface area contributed by atoms with Crippen LogP contribution in [-0.4, -0.2) is 21.0 Å². The quantitative estimate of drug-likeness (QED) is 0.804. The fourth-order valence-electron chi connectivity index (χ4n) is 1.80. The lowest BCUT2D eigenvalue weighted by Crippen LogP contribution is -2.40. The number of unbranched alkanes of at least 4 members (excludes halogenated alkanes) is 1. The normalized spacial score (nSPS) is 12.9. The summed E-state index contributed by atoms with van der Waals surface area (Å²) < 4.78 is 27.2. The van der Waals surface area contributed by atoms with Crippen molar-refractivity contribution in [3.63, 3.8) is 0 Å².